The number of aromatic nitrogens is 3. The van der Waals surface area contributed by atoms with Gasteiger partial charge in [-0.05, 0) is 56.2 Å². The number of esters is 1. The zero-order valence-corrected chi connectivity index (χ0v) is 19.6. The van der Waals surface area contributed by atoms with Gasteiger partial charge in [0.1, 0.15) is 0 Å². The van der Waals surface area contributed by atoms with E-state index < -0.39 is 0 Å². The highest BCUT2D eigenvalue weighted by molar-refractivity contribution is 6.31. The Labute approximate surface area is 202 Å². The van der Waals surface area contributed by atoms with Crippen molar-refractivity contribution in [2.24, 2.45) is 5.92 Å². The Kier molecular flexibility index (Phi) is 7.47. The molecule has 3 aromatic rings. The largest absolute Gasteiger partial charge is 0.466 e. The number of halogens is 2. The van der Waals surface area contributed by atoms with Crippen LogP contribution < -0.4 is 15.5 Å². The van der Waals surface area contributed by atoms with Crippen molar-refractivity contribution in [3.8, 4) is 0 Å². The smallest absolute Gasteiger partial charge is 0.310 e. The molecule has 1 unspecified atom stereocenters. The lowest BCUT2D eigenvalue weighted by atomic mass is 9.98. The highest BCUT2D eigenvalue weighted by Crippen LogP contribution is 2.26. The van der Waals surface area contributed by atoms with Gasteiger partial charge in [-0.3, -0.25) is 4.79 Å². The van der Waals surface area contributed by atoms with Crippen molar-refractivity contribution in [3.63, 3.8) is 0 Å². The number of nitrogens with zero attached hydrogens (tertiary/aromatic N) is 4. The first kappa shape index (κ1) is 23.1. The van der Waals surface area contributed by atoms with Gasteiger partial charge in [0.05, 0.1) is 12.5 Å². The Hall–Kier alpha value is -3.10. The number of carbonyl (C=O) groups is 1. The number of anilines is 5. The normalized spacial score (nSPS) is 15.7. The molecule has 0 aliphatic carbocycles. The van der Waals surface area contributed by atoms with Crippen LogP contribution in [0.25, 0.3) is 0 Å². The standard InChI is InChI=1S/C23H24Cl2N6O2/c1-2-33-20(32)15-6-5-11-31(14-15)23-29-21(26-18-9-3-7-16(24)12-18)28-22(30-23)27-19-10-4-8-17(25)13-19/h3-4,7-10,12-13,15H,2,5-6,11,14H2,1H3,(H2,26,27,28,29,30). The fraction of sp³-hybridized carbons (Fsp3) is 0.304. The van der Waals surface area contributed by atoms with Crippen molar-refractivity contribution in [1.82, 2.24) is 15.0 Å². The van der Waals surface area contributed by atoms with Gasteiger partial charge in [0, 0.05) is 34.5 Å². The molecule has 1 aliphatic heterocycles. The number of benzene rings is 2. The number of ether oxygens (including phenoxy) is 1. The lowest BCUT2D eigenvalue weighted by Crippen LogP contribution is -2.40. The lowest BCUT2D eigenvalue weighted by molar-refractivity contribution is -0.148. The third kappa shape index (κ3) is 6.24. The van der Waals surface area contributed by atoms with Crippen LogP contribution in [-0.2, 0) is 9.53 Å². The molecule has 1 aromatic heterocycles. The van der Waals surface area contributed by atoms with E-state index in [1.807, 2.05) is 36.1 Å². The Morgan fingerprint density at radius 1 is 1.03 bits per heavy atom. The molecule has 0 spiro atoms. The van der Waals surface area contributed by atoms with E-state index in [9.17, 15) is 4.79 Å². The quantitative estimate of drug-likeness (QED) is 0.426. The van der Waals surface area contributed by atoms with Crippen LogP contribution in [0.3, 0.4) is 0 Å². The van der Waals surface area contributed by atoms with Crippen molar-refractivity contribution in [3.05, 3.63) is 58.6 Å². The zero-order chi connectivity index (χ0) is 23.2. The number of hydrogen-bond acceptors (Lipinski definition) is 8. The van der Waals surface area contributed by atoms with E-state index in [-0.39, 0.29) is 11.9 Å². The summed E-state index contributed by atoms with van der Waals surface area (Å²) in [4.78, 5) is 28.0. The van der Waals surface area contributed by atoms with Crippen molar-refractivity contribution in [1.29, 1.82) is 0 Å². The first-order valence-corrected chi connectivity index (χ1v) is 11.5. The van der Waals surface area contributed by atoms with E-state index in [0.29, 0.717) is 41.0 Å². The fourth-order valence-electron chi connectivity index (χ4n) is 3.62. The molecule has 1 atom stereocenters. The number of carbonyl (C=O) groups excluding carboxylic acids is 1. The molecule has 2 N–H and O–H groups in total. The minimum absolute atomic E-state index is 0.189. The SMILES string of the molecule is CCOC(=O)C1CCCN(c2nc(Nc3cccc(Cl)c3)nc(Nc3cccc(Cl)c3)n2)C1. The summed E-state index contributed by atoms with van der Waals surface area (Å²) in [6.45, 7) is 3.39. The van der Waals surface area contributed by atoms with Crippen LogP contribution >= 0.6 is 23.2 Å². The van der Waals surface area contributed by atoms with E-state index in [2.05, 4.69) is 25.6 Å². The van der Waals surface area contributed by atoms with Gasteiger partial charge in [0.15, 0.2) is 0 Å². The van der Waals surface area contributed by atoms with Gasteiger partial charge in [-0.15, -0.1) is 0 Å². The zero-order valence-electron chi connectivity index (χ0n) is 18.1. The summed E-state index contributed by atoms with van der Waals surface area (Å²) in [5.74, 6) is 0.762. The summed E-state index contributed by atoms with van der Waals surface area (Å²) in [6, 6.07) is 14.6. The molecule has 2 heterocycles. The molecule has 0 saturated carbocycles. The minimum Gasteiger partial charge on any atom is -0.466 e. The van der Waals surface area contributed by atoms with Crippen molar-refractivity contribution < 1.29 is 9.53 Å². The number of hydrogen-bond donors (Lipinski definition) is 2. The summed E-state index contributed by atoms with van der Waals surface area (Å²) in [6.07, 6.45) is 1.62. The first-order valence-electron chi connectivity index (χ1n) is 10.7. The summed E-state index contributed by atoms with van der Waals surface area (Å²) in [5.41, 5.74) is 1.49. The fourth-order valence-corrected chi connectivity index (χ4v) is 4.00. The van der Waals surface area contributed by atoms with Crippen LogP contribution in [0.15, 0.2) is 48.5 Å². The molecule has 0 amide bonds. The Morgan fingerprint density at radius 2 is 1.64 bits per heavy atom. The van der Waals surface area contributed by atoms with Gasteiger partial charge < -0.3 is 20.3 Å². The van der Waals surface area contributed by atoms with Crippen LogP contribution in [-0.4, -0.2) is 40.6 Å². The van der Waals surface area contributed by atoms with Crippen LogP contribution in [0.4, 0.5) is 29.2 Å². The molecule has 1 saturated heterocycles. The molecule has 0 radical (unpaired) electrons. The highest BCUT2D eigenvalue weighted by Gasteiger charge is 2.28. The van der Waals surface area contributed by atoms with Crippen LogP contribution in [0.5, 0.6) is 0 Å². The predicted molar refractivity (Wildman–Crippen MR) is 131 cm³/mol. The van der Waals surface area contributed by atoms with Gasteiger partial charge in [-0.1, -0.05) is 35.3 Å². The van der Waals surface area contributed by atoms with Crippen molar-refractivity contribution >= 4 is 58.4 Å². The van der Waals surface area contributed by atoms with E-state index in [1.165, 1.54) is 0 Å². The molecule has 33 heavy (non-hydrogen) atoms. The number of nitrogens with one attached hydrogen (secondary N) is 2. The average molecular weight is 487 g/mol. The van der Waals surface area contributed by atoms with Crippen LogP contribution in [0.1, 0.15) is 19.8 Å². The molecule has 0 bridgehead atoms. The lowest BCUT2D eigenvalue weighted by Gasteiger charge is -2.31. The summed E-state index contributed by atoms with van der Waals surface area (Å²) in [5, 5.41) is 7.56. The van der Waals surface area contributed by atoms with Crippen molar-refractivity contribution in [2.45, 2.75) is 19.8 Å². The van der Waals surface area contributed by atoms with E-state index in [4.69, 9.17) is 27.9 Å². The van der Waals surface area contributed by atoms with Gasteiger partial charge in [0.2, 0.25) is 17.8 Å². The number of piperidine rings is 1. The van der Waals surface area contributed by atoms with Crippen LogP contribution in [0.2, 0.25) is 10.0 Å². The Balaban J connectivity index is 1.63. The third-order valence-corrected chi connectivity index (χ3v) is 5.58. The second kappa shape index (κ2) is 10.7. The molecular weight excluding hydrogens is 463 g/mol. The molecular formula is C23H24Cl2N6O2. The van der Waals surface area contributed by atoms with Gasteiger partial charge in [-0.2, -0.15) is 15.0 Å². The maximum Gasteiger partial charge on any atom is 0.310 e. The third-order valence-electron chi connectivity index (χ3n) is 5.11. The molecule has 1 aliphatic rings. The second-order valence-corrected chi connectivity index (χ2v) is 8.46. The maximum absolute atomic E-state index is 12.3. The van der Waals surface area contributed by atoms with E-state index >= 15 is 0 Å². The predicted octanol–water partition coefficient (Wildman–Crippen LogP) is 5.45. The highest BCUT2D eigenvalue weighted by atomic mass is 35.5. The van der Waals surface area contributed by atoms with E-state index in [1.54, 1.807) is 24.3 Å². The molecule has 4 rings (SSSR count). The van der Waals surface area contributed by atoms with Gasteiger partial charge >= 0.3 is 5.97 Å². The minimum atomic E-state index is -0.218. The van der Waals surface area contributed by atoms with Gasteiger partial charge in [-0.25, -0.2) is 0 Å². The second-order valence-electron chi connectivity index (χ2n) is 7.59. The molecule has 8 nitrogen and oxygen atoms in total. The first-order chi connectivity index (χ1) is 16.0. The summed E-state index contributed by atoms with van der Waals surface area (Å²) < 4.78 is 5.22. The summed E-state index contributed by atoms with van der Waals surface area (Å²) >= 11 is 12.2. The number of rotatable bonds is 7. The Morgan fingerprint density at radius 3 is 2.18 bits per heavy atom. The summed E-state index contributed by atoms with van der Waals surface area (Å²) in [7, 11) is 0. The van der Waals surface area contributed by atoms with E-state index in [0.717, 1.165) is 30.8 Å². The topological polar surface area (TPSA) is 92.3 Å². The maximum atomic E-state index is 12.3. The molecule has 1 fully saturated rings. The molecule has 10 heteroatoms. The molecule has 172 valence electrons. The monoisotopic (exact) mass is 486 g/mol. The Bertz CT molecular complexity index is 1060. The van der Waals surface area contributed by atoms with Crippen molar-refractivity contribution in [2.75, 3.05) is 35.2 Å². The average Bonchev–Trinajstić information content (AvgIpc) is 2.79. The van der Waals surface area contributed by atoms with Crippen LogP contribution in [0, 0.1) is 5.92 Å². The molecule has 2 aromatic carbocycles. The van der Waals surface area contributed by atoms with Gasteiger partial charge in [0.25, 0.3) is 0 Å².